The summed E-state index contributed by atoms with van der Waals surface area (Å²) in [5.74, 6) is 1.12. The zero-order chi connectivity index (χ0) is 23.9. The number of allylic oxidation sites excluding steroid dienone is 7. The fraction of sp³-hybridized carbons (Fsp3) is 0.538. The van der Waals surface area contributed by atoms with E-state index in [2.05, 4.69) is 69.2 Å². The van der Waals surface area contributed by atoms with Gasteiger partial charge in [-0.05, 0) is 73.6 Å². The average molecular weight is 477 g/mol. The molecule has 0 aromatic carbocycles. The van der Waals surface area contributed by atoms with Crippen molar-refractivity contribution in [3.05, 3.63) is 57.0 Å². The monoisotopic (exact) mass is 476 g/mol. The number of aryl methyl sites for hydroxylation is 1. The first-order valence-electron chi connectivity index (χ1n) is 11.3. The number of anilines is 1. The summed E-state index contributed by atoms with van der Waals surface area (Å²) >= 11 is 3.16. The standard InChI is InChI=1S/C26H40N2O2S2/c1-19(2)9-7-10-21(5)11-8-12-23(14-13-20(3)4)15-16-31-17-24(26(29)30)28-25-18-32-22(6)27-25/h9,11,13,15,18,24,28H,7-8,10,12,14,16-17H2,1-6H3,(H,29,30). The largest absolute Gasteiger partial charge is 0.480 e. The zero-order valence-electron chi connectivity index (χ0n) is 20.5. The van der Waals surface area contributed by atoms with Crippen LogP contribution in [0.2, 0.25) is 0 Å². The number of carboxylic acid groups (broad SMARTS) is 1. The van der Waals surface area contributed by atoms with Crippen molar-refractivity contribution in [3.8, 4) is 0 Å². The van der Waals surface area contributed by atoms with Crippen LogP contribution in [0.25, 0.3) is 0 Å². The fourth-order valence-corrected chi connectivity index (χ4v) is 4.47. The fourth-order valence-electron chi connectivity index (χ4n) is 2.96. The molecule has 1 rings (SSSR count). The lowest BCUT2D eigenvalue weighted by atomic mass is 10.0. The summed E-state index contributed by atoms with van der Waals surface area (Å²) in [6.07, 6.45) is 14.5. The van der Waals surface area contributed by atoms with Gasteiger partial charge in [-0.15, -0.1) is 11.3 Å². The molecule has 2 N–H and O–H groups in total. The first-order valence-corrected chi connectivity index (χ1v) is 13.3. The molecule has 1 aromatic rings. The maximum absolute atomic E-state index is 11.6. The van der Waals surface area contributed by atoms with E-state index in [9.17, 15) is 9.90 Å². The van der Waals surface area contributed by atoms with Crippen LogP contribution < -0.4 is 5.32 Å². The van der Waals surface area contributed by atoms with Crippen LogP contribution in [0.3, 0.4) is 0 Å². The van der Waals surface area contributed by atoms with E-state index in [1.54, 1.807) is 11.8 Å². The number of thioether (sulfide) groups is 1. The molecule has 0 fully saturated rings. The molecule has 0 aliphatic rings. The highest BCUT2D eigenvalue weighted by Gasteiger charge is 2.17. The summed E-state index contributed by atoms with van der Waals surface area (Å²) in [5, 5.41) is 15.3. The Morgan fingerprint density at radius 2 is 1.78 bits per heavy atom. The molecule has 1 aromatic heterocycles. The minimum atomic E-state index is -0.842. The molecule has 0 saturated carbocycles. The summed E-state index contributed by atoms with van der Waals surface area (Å²) < 4.78 is 0. The molecule has 0 aliphatic heterocycles. The van der Waals surface area contributed by atoms with Crippen LogP contribution in [0, 0.1) is 6.92 Å². The Balaban J connectivity index is 2.57. The number of carbonyl (C=O) groups is 1. The third-order valence-corrected chi connectivity index (χ3v) is 6.58. The van der Waals surface area contributed by atoms with Gasteiger partial charge in [0.05, 0.1) is 5.01 Å². The lowest BCUT2D eigenvalue weighted by Gasteiger charge is -2.13. The number of rotatable bonds is 15. The number of aromatic nitrogens is 1. The van der Waals surface area contributed by atoms with Crippen molar-refractivity contribution >= 4 is 34.9 Å². The quantitative estimate of drug-likeness (QED) is 0.200. The molecule has 1 heterocycles. The third kappa shape index (κ3) is 13.6. The number of hydrogen-bond donors (Lipinski definition) is 2. The van der Waals surface area contributed by atoms with Crippen molar-refractivity contribution in [3.63, 3.8) is 0 Å². The van der Waals surface area contributed by atoms with E-state index in [0.717, 1.165) is 42.9 Å². The van der Waals surface area contributed by atoms with Crippen molar-refractivity contribution in [2.75, 3.05) is 16.8 Å². The first-order chi connectivity index (χ1) is 15.2. The smallest absolute Gasteiger partial charge is 0.327 e. The van der Waals surface area contributed by atoms with Crippen molar-refractivity contribution in [1.29, 1.82) is 0 Å². The van der Waals surface area contributed by atoms with Crippen LogP contribution in [-0.2, 0) is 4.79 Å². The zero-order valence-corrected chi connectivity index (χ0v) is 22.2. The summed E-state index contributed by atoms with van der Waals surface area (Å²) in [7, 11) is 0. The summed E-state index contributed by atoms with van der Waals surface area (Å²) in [6.45, 7) is 12.7. The molecule has 0 aliphatic carbocycles. The summed E-state index contributed by atoms with van der Waals surface area (Å²) in [6, 6.07) is -0.637. The Morgan fingerprint density at radius 3 is 2.38 bits per heavy atom. The Kier molecular flexibility index (Phi) is 14.1. The number of nitrogens with one attached hydrogen (secondary N) is 1. The topological polar surface area (TPSA) is 62.2 Å². The van der Waals surface area contributed by atoms with Gasteiger partial charge in [0, 0.05) is 16.9 Å². The van der Waals surface area contributed by atoms with E-state index < -0.39 is 12.0 Å². The van der Waals surface area contributed by atoms with E-state index >= 15 is 0 Å². The predicted molar refractivity (Wildman–Crippen MR) is 143 cm³/mol. The summed E-state index contributed by atoms with van der Waals surface area (Å²) in [5.41, 5.74) is 5.57. The highest BCUT2D eigenvalue weighted by Crippen LogP contribution is 2.19. The highest BCUT2D eigenvalue weighted by molar-refractivity contribution is 7.99. The minimum absolute atomic E-state index is 0.502. The van der Waals surface area contributed by atoms with Gasteiger partial charge < -0.3 is 10.4 Å². The van der Waals surface area contributed by atoms with Crippen molar-refractivity contribution in [2.24, 2.45) is 0 Å². The second-order valence-corrected chi connectivity index (χ2v) is 10.7. The number of aliphatic carboxylic acids is 1. The van der Waals surface area contributed by atoms with Gasteiger partial charge in [0.25, 0.3) is 0 Å². The Morgan fingerprint density at radius 1 is 1.09 bits per heavy atom. The Labute approximate surface area is 203 Å². The van der Waals surface area contributed by atoms with E-state index in [-0.39, 0.29) is 0 Å². The van der Waals surface area contributed by atoms with Crippen LogP contribution in [0.5, 0.6) is 0 Å². The lowest BCUT2D eigenvalue weighted by Crippen LogP contribution is -2.31. The molecule has 0 amide bonds. The van der Waals surface area contributed by atoms with Crippen LogP contribution in [0.4, 0.5) is 5.82 Å². The van der Waals surface area contributed by atoms with Crippen LogP contribution in [-0.4, -0.2) is 33.6 Å². The number of hydrogen-bond acceptors (Lipinski definition) is 5. The van der Waals surface area contributed by atoms with Crippen LogP contribution in [0.15, 0.2) is 52.0 Å². The maximum atomic E-state index is 11.6. The minimum Gasteiger partial charge on any atom is -0.480 e. The second kappa shape index (κ2) is 15.9. The van der Waals surface area contributed by atoms with Gasteiger partial charge >= 0.3 is 5.97 Å². The van der Waals surface area contributed by atoms with Crippen LogP contribution in [0.1, 0.15) is 71.7 Å². The first kappa shape index (κ1) is 28.2. The van der Waals surface area contributed by atoms with E-state index in [1.165, 1.54) is 33.6 Å². The number of nitrogens with zero attached hydrogens (tertiary/aromatic N) is 1. The number of thiazole rings is 1. The molecular formula is C26H40N2O2S2. The molecule has 1 atom stereocenters. The van der Waals surface area contributed by atoms with Gasteiger partial charge in [0.15, 0.2) is 0 Å². The van der Waals surface area contributed by atoms with E-state index in [0.29, 0.717) is 11.6 Å². The Bertz CT molecular complexity index is 827. The van der Waals surface area contributed by atoms with Crippen molar-refractivity contribution in [2.45, 2.75) is 79.7 Å². The van der Waals surface area contributed by atoms with Gasteiger partial charge in [-0.2, -0.15) is 11.8 Å². The lowest BCUT2D eigenvalue weighted by molar-refractivity contribution is -0.137. The van der Waals surface area contributed by atoms with Gasteiger partial charge in [-0.25, -0.2) is 9.78 Å². The molecule has 0 spiro atoms. The molecule has 1 unspecified atom stereocenters. The molecule has 178 valence electrons. The third-order valence-electron chi connectivity index (χ3n) is 4.84. The maximum Gasteiger partial charge on any atom is 0.327 e. The van der Waals surface area contributed by atoms with Crippen molar-refractivity contribution in [1.82, 2.24) is 4.98 Å². The molecule has 32 heavy (non-hydrogen) atoms. The second-order valence-electron chi connectivity index (χ2n) is 8.58. The molecular weight excluding hydrogens is 436 g/mol. The van der Waals surface area contributed by atoms with Gasteiger partial charge in [-0.1, -0.05) is 46.6 Å². The summed E-state index contributed by atoms with van der Waals surface area (Å²) in [4.78, 5) is 15.9. The predicted octanol–water partition coefficient (Wildman–Crippen LogP) is 7.81. The van der Waals surface area contributed by atoms with Gasteiger partial charge in [0.1, 0.15) is 11.9 Å². The molecule has 6 heteroatoms. The number of carboxylic acids is 1. The SMILES string of the molecule is CC(C)=CCCC(C)=CCCC(=CCSCC(Nc1csc(C)n1)C(=O)O)CC=C(C)C. The highest BCUT2D eigenvalue weighted by atomic mass is 32.2. The molecule has 4 nitrogen and oxygen atoms in total. The molecule has 0 bridgehead atoms. The van der Waals surface area contributed by atoms with Crippen LogP contribution >= 0.6 is 23.1 Å². The van der Waals surface area contributed by atoms with Crippen molar-refractivity contribution < 1.29 is 9.90 Å². The van der Waals surface area contributed by atoms with E-state index in [1.807, 2.05) is 12.3 Å². The van der Waals surface area contributed by atoms with Gasteiger partial charge in [0.2, 0.25) is 0 Å². The molecule has 0 saturated heterocycles. The normalized spacial score (nSPS) is 12.9. The van der Waals surface area contributed by atoms with E-state index in [4.69, 9.17) is 0 Å². The van der Waals surface area contributed by atoms with Gasteiger partial charge in [-0.3, -0.25) is 0 Å². The Hall–Kier alpha value is -1.79. The molecule has 0 radical (unpaired) electrons. The average Bonchev–Trinajstić information content (AvgIpc) is 3.11.